The molecule has 0 aliphatic heterocycles. The van der Waals surface area contributed by atoms with E-state index in [1.165, 1.54) is 85.7 Å². The van der Waals surface area contributed by atoms with Crippen molar-refractivity contribution in [3.05, 3.63) is 150 Å². The van der Waals surface area contributed by atoms with Crippen LogP contribution >= 0.6 is 11.3 Å². The topological polar surface area (TPSA) is 62.5 Å². The van der Waals surface area contributed by atoms with E-state index in [0.717, 1.165) is 34.1 Å². The van der Waals surface area contributed by atoms with E-state index in [1.807, 2.05) is 72.0 Å². The van der Waals surface area contributed by atoms with Gasteiger partial charge < -0.3 is 0 Å². The van der Waals surface area contributed by atoms with Crippen molar-refractivity contribution in [3.63, 3.8) is 0 Å². The Bertz CT molecular complexity index is 2820. The summed E-state index contributed by atoms with van der Waals surface area (Å²) < 4.78 is 2.49. The summed E-state index contributed by atoms with van der Waals surface area (Å²) in [5, 5.41) is 13.0. The molecule has 2 aromatic heterocycles. The van der Waals surface area contributed by atoms with Gasteiger partial charge in [0.05, 0.1) is 11.6 Å². The van der Waals surface area contributed by atoms with Crippen molar-refractivity contribution >= 4 is 31.5 Å². The third-order valence-corrected chi connectivity index (χ3v) is 14.7. The van der Waals surface area contributed by atoms with Crippen LogP contribution in [-0.4, -0.2) is 15.0 Å². The van der Waals surface area contributed by atoms with Gasteiger partial charge in [-0.25, -0.2) is 15.0 Å². The highest BCUT2D eigenvalue weighted by Crippen LogP contribution is 2.70. The van der Waals surface area contributed by atoms with Crippen molar-refractivity contribution in [1.29, 1.82) is 5.26 Å². The Kier molecular flexibility index (Phi) is 6.72. The van der Waals surface area contributed by atoms with E-state index in [4.69, 9.17) is 15.0 Å². The molecule has 0 amide bonds. The van der Waals surface area contributed by atoms with Crippen LogP contribution in [0.25, 0.3) is 76.6 Å². The molecule has 4 fully saturated rings. The minimum Gasteiger partial charge on any atom is -0.208 e. The smallest absolute Gasteiger partial charge is 0.164 e. The lowest BCUT2D eigenvalue weighted by atomic mass is 9.43. The second kappa shape index (κ2) is 11.8. The molecule has 1 spiro atoms. The number of thiophene rings is 1. The molecule has 8 aromatic rings. The molecule has 2 heterocycles. The second-order valence-electron chi connectivity index (χ2n) is 16.3. The Morgan fingerprint density at radius 1 is 0.509 bits per heavy atom. The number of rotatable bonds is 4. The van der Waals surface area contributed by atoms with Crippen molar-refractivity contribution in [2.24, 2.45) is 23.7 Å². The fourth-order valence-electron chi connectivity index (χ4n) is 11.6. The number of benzene rings is 6. The van der Waals surface area contributed by atoms with Crippen molar-refractivity contribution in [2.45, 2.75) is 37.5 Å². The molecule has 6 aromatic carbocycles. The van der Waals surface area contributed by atoms with Gasteiger partial charge in [-0.15, -0.1) is 11.3 Å². The molecule has 4 bridgehead atoms. The lowest BCUT2D eigenvalue weighted by Gasteiger charge is -2.61. The number of nitriles is 1. The van der Waals surface area contributed by atoms with E-state index in [0.29, 0.717) is 29.3 Å². The monoisotopic (exact) mass is 724 g/mol. The van der Waals surface area contributed by atoms with Crippen LogP contribution in [-0.2, 0) is 5.41 Å². The molecule has 5 heteroatoms. The highest BCUT2D eigenvalue weighted by atomic mass is 32.1. The minimum absolute atomic E-state index is 0.0473. The maximum atomic E-state index is 10.5. The zero-order valence-corrected chi connectivity index (χ0v) is 31.1. The molecule has 5 aliphatic carbocycles. The van der Waals surface area contributed by atoms with Gasteiger partial charge in [0, 0.05) is 42.3 Å². The number of fused-ring (bicyclic) bond motifs is 6. The number of hydrogen-bond donors (Lipinski definition) is 0. The Morgan fingerprint density at radius 2 is 1.05 bits per heavy atom. The Hall–Kier alpha value is -5.96. The third kappa shape index (κ3) is 4.58. The first-order valence-corrected chi connectivity index (χ1v) is 20.5. The van der Waals surface area contributed by atoms with E-state index >= 15 is 0 Å². The predicted octanol–water partition coefficient (Wildman–Crippen LogP) is 12.5. The molecule has 0 saturated heterocycles. The summed E-state index contributed by atoms with van der Waals surface area (Å²) in [5.74, 6) is 4.95. The molecule has 0 radical (unpaired) electrons. The molecular weight excluding hydrogens is 689 g/mol. The number of aromatic nitrogens is 3. The molecule has 13 rings (SSSR count). The number of hydrogen-bond acceptors (Lipinski definition) is 5. The quantitative estimate of drug-likeness (QED) is 0.181. The van der Waals surface area contributed by atoms with Gasteiger partial charge in [0.1, 0.15) is 0 Å². The Morgan fingerprint density at radius 3 is 1.67 bits per heavy atom. The first-order chi connectivity index (χ1) is 27.1. The second-order valence-corrected chi connectivity index (χ2v) is 17.4. The van der Waals surface area contributed by atoms with Crippen LogP contribution < -0.4 is 0 Å². The normalized spacial score (nSPS) is 23.0. The fraction of sp³-hybridized carbons (Fsp3) is 0.200. The van der Waals surface area contributed by atoms with Crippen molar-refractivity contribution in [2.75, 3.05) is 0 Å². The van der Waals surface area contributed by atoms with Crippen LogP contribution in [0.4, 0.5) is 0 Å². The van der Waals surface area contributed by atoms with Gasteiger partial charge in [-0.05, 0) is 113 Å². The zero-order valence-electron chi connectivity index (χ0n) is 30.2. The molecule has 0 atom stereocenters. The fourth-order valence-corrected chi connectivity index (χ4v) is 12.7. The summed E-state index contributed by atoms with van der Waals surface area (Å²) in [6, 6.07) is 50.2. The average Bonchev–Trinajstić information content (AvgIpc) is 3.75. The number of nitrogens with zero attached hydrogens (tertiary/aromatic N) is 4. The van der Waals surface area contributed by atoms with Crippen LogP contribution in [0.1, 0.15) is 48.8 Å². The van der Waals surface area contributed by atoms with Crippen LogP contribution in [0.2, 0.25) is 0 Å². The van der Waals surface area contributed by atoms with Crippen molar-refractivity contribution in [3.8, 4) is 62.5 Å². The highest BCUT2D eigenvalue weighted by molar-refractivity contribution is 7.25. The molecular formula is C50H36N4S. The third-order valence-electron chi connectivity index (χ3n) is 13.5. The van der Waals surface area contributed by atoms with E-state index in [-0.39, 0.29) is 5.41 Å². The van der Waals surface area contributed by atoms with Gasteiger partial charge in [-0.1, -0.05) is 109 Å². The van der Waals surface area contributed by atoms with E-state index in [9.17, 15) is 5.26 Å². The highest BCUT2D eigenvalue weighted by Gasteiger charge is 2.62. The van der Waals surface area contributed by atoms with Gasteiger partial charge in [-0.3, -0.25) is 0 Å². The lowest BCUT2D eigenvalue weighted by molar-refractivity contribution is -0.0400. The zero-order chi connectivity index (χ0) is 36.3. The van der Waals surface area contributed by atoms with Gasteiger partial charge in [0.25, 0.3) is 0 Å². The van der Waals surface area contributed by atoms with Crippen LogP contribution in [0, 0.1) is 35.0 Å². The molecule has 262 valence electrons. The van der Waals surface area contributed by atoms with E-state index in [1.54, 1.807) is 0 Å². The predicted molar refractivity (Wildman–Crippen MR) is 222 cm³/mol. The molecule has 0 unspecified atom stereocenters. The standard InChI is InChI=1S/C50H36N4S/c51-28-36-12-7-13-42-39-17-14-33(25-43(39)50(46(36)42)37-21-29-20-30(23-37)24-38(50)22-29)34-15-18-40-41-19-16-35(27-45(41)55-44(40)26-34)49-53-47(31-8-3-1-4-9-31)52-48(54-49)32-10-5-2-6-11-32/h1-19,25-27,29-30,37-38H,20-24H2. The molecule has 4 nitrogen and oxygen atoms in total. The van der Waals surface area contributed by atoms with Gasteiger partial charge in [0.2, 0.25) is 0 Å². The lowest BCUT2D eigenvalue weighted by Crippen LogP contribution is -2.55. The molecule has 4 saturated carbocycles. The largest absolute Gasteiger partial charge is 0.208 e. The first kappa shape index (κ1) is 31.4. The van der Waals surface area contributed by atoms with Crippen LogP contribution in [0.3, 0.4) is 0 Å². The molecule has 55 heavy (non-hydrogen) atoms. The Labute approximate surface area is 324 Å². The van der Waals surface area contributed by atoms with Gasteiger partial charge >= 0.3 is 0 Å². The van der Waals surface area contributed by atoms with Crippen molar-refractivity contribution in [1.82, 2.24) is 15.0 Å². The van der Waals surface area contributed by atoms with Crippen molar-refractivity contribution < 1.29 is 0 Å². The van der Waals surface area contributed by atoms with E-state index < -0.39 is 0 Å². The van der Waals surface area contributed by atoms with Gasteiger partial charge in [-0.2, -0.15) is 5.26 Å². The summed E-state index contributed by atoms with van der Waals surface area (Å²) in [6.45, 7) is 0. The maximum Gasteiger partial charge on any atom is 0.164 e. The average molecular weight is 725 g/mol. The summed E-state index contributed by atoms with van der Waals surface area (Å²) in [6.07, 6.45) is 6.63. The summed E-state index contributed by atoms with van der Waals surface area (Å²) in [7, 11) is 0. The summed E-state index contributed by atoms with van der Waals surface area (Å²) in [5.41, 5.74) is 11.7. The molecule has 5 aliphatic rings. The minimum atomic E-state index is -0.0473. The first-order valence-electron chi connectivity index (χ1n) is 19.7. The Balaban J connectivity index is 0.962. The van der Waals surface area contributed by atoms with Crippen LogP contribution in [0.15, 0.2) is 133 Å². The summed E-state index contributed by atoms with van der Waals surface area (Å²) >= 11 is 1.83. The summed E-state index contributed by atoms with van der Waals surface area (Å²) in [4.78, 5) is 14.9. The van der Waals surface area contributed by atoms with Gasteiger partial charge in [0.15, 0.2) is 17.5 Å². The maximum absolute atomic E-state index is 10.5. The van der Waals surface area contributed by atoms with Crippen LogP contribution in [0.5, 0.6) is 0 Å². The van der Waals surface area contributed by atoms with E-state index in [2.05, 4.69) is 78.9 Å². The molecule has 0 N–H and O–H groups in total. The SMILES string of the molecule is N#Cc1cccc2c1C1(c3cc(-c4ccc5c(c4)sc4cc(-c6nc(-c7ccccc7)nc(-c7ccccc7)n6)ccc45)ccc3-2)C2CC3CC(C2)CC1C3.